The molecule has 4 heteroatoms. The molecular weight excluding hydrogens is 324 g/mol. The lowest BCUT2D eigenvalue weighted by atomic mass is 10.1. The fraction of sp³-hybridized carbons (Fsp3) is 0.316. The summed E-state index contributed by atoms with van der Waals surface area (Å²) in [5.74, 6) is 1.14. The average molecular weight is 345 g/mol. The second-order valence-corrected chi connectivity index (χ2v) is 7.14. The molecule has 1 unspecified atom stereocenters. The van der Waals surface area contributed by atoms with Gasteiger partial charge in [0.25, 0.3) is 0 Å². The van der Waals surface area contributed by atoms with Crippen molar-refractivity contribution >= 4 is 28.5 Å². The summed E-state index contributed by atoms with van der Waals surface area (Å²) in [4.78, 5) is 7.14. The van der Waals surface area contributed by atoms with E-state index >= 15 is 0 Å². The van der Waals surface area contributed by atoms with Crippen molar-refractivity contribution in [3.8, 4) is 0 Å². The number of rotatable bonds is 4. The molecular formula is C19H21ClN2S. The molecule has 2 aromatic rings. The highest BCUT2D eigenvalue weighted by Crippen LogP contribution is 2.29. The van der Waals surface area contributed by atoms with Crippen LogP contribution in [0, 0.1) is 0 Å². The molecule has 0 aliphatic carbocycles. The van der Waals surface area contributed by atoms with Crippen LogP contribution < -0.4 is 0 Å². The zero-order valence-electron chi connectivity index (χ0n) is 13.3. The molecule has 2 nitrogen and oxygen atoms in total. The van der Waals surface area contributed by atoms with E-state index in [-0.39, 0.29) is 6.04 Å². The molecule has 3 rings (SSSR count). The lowest BCUT2D eigenvalue weighted by Gasteiger charge is -2.33. The summed E-state index contributed by atoms with van der Waals surface area (Å²) in [7, 11) is 0. The van der Waals surface area contributed by atoms with Crippen molar-refractivity contribution in [1.29, 1.82) is 0 Å². The summed E-state index contributed by atoms with van der Waals surface area (Å²) in [5.41, 5.74) is 2.44. The highest BCUT2D eigenvalue weighted by atomic mass is 35.5. The molecule has 2 aromatic carbocycles. The van der Waals surface area contributed by atoms with Crippen LogP contribution in [-0.4, -0.2) is 22.4 Å². The summed E-state index contributed by atoms with van der Waals surface area (Å²) in [6.07, 6.45) is 1.16. The van der Waals surface area contributed by atoms with Crippen LogP contribution in [0.25, 0.3) is 0 Å². The largest absolute Gasteiger partial charge is 0.340 e. The van der Waals surface area contributed by atoms with E-state index in [1.807, 2.05) is 30.0 Å². The Labute approximate surface area is 147 Å². The first-order valence-electron chi connectivity index (χ1n) is 7.98. The lowest BCUT2D eigenvalue weighted by Crippen LogP contribution is -2.33. The third-order valence-corrected chi connectivity index (χ3v) is 5.56. The van der Waals surface area contributed by atoms with Crippen molar-refractivity contribution in [2.45, 2.75) is 25.9 Å². The first-order valence-corrected chi connectivity index (χ1v) is 9.34. The number of hydrogen-bond donors (Lipinski definition) is 0. The molecule has 0 aromatic heterocycles. The monoisotopic (exact) mass is 344 g/mol. The van der Waals surface area contributed by atoms with E-state index < -0.39 is 0 Å². The van der Waals surface area contributed by atoms with Crippen LogP contribution in [0.15, 0.2) is 59.6 Å². The second-order valence-electron chi connectivity index (χ2n) is 5.67. The van der Waals surface area contributed by atoms with E-state index in [9.17, 15) is 0 Å². The first-order chi connectivity index (χ1) is 11.3. The number of thioether (sulfide) groups is 1. The molecule has 23 heavy (non-hydrogen) atoms. The molecule has 0 bridgehead atoms. The van der Waals surface area contributed by atoms with Crippen LogP contribution in [0.4, 0.5) is 0 Å². The smallest absolute Gasteiger partial charge is 0.159 e. The Morgan fingerprint density at radius 2 is 1.87 bits per heavy atom. The highest BCUT2D eigenvalue weighted by molar-refractivity contribution is 8.13. The minimum Gasteiger partial charge on any atom is -0.340 e. The molecule has 0 N–H and O–H groups in total. The van der Waals surface area contributed by atoms with E-state index in [0.29, 0.717) is 0 Å². The molecule has 0 radical (unpaired) electrons. The highest BCUT2D eigenvalue weighted by Gasteiger charge is 2.22. The zero-order chi connectivity index (χ0) is 16.1. The maximum Gasteiger partial charge on any atom is 0.159 e. The molecule has 0 fully saturated rings. The SMILES string of the molecule is CC(c1ccccc1)N(Cc1ccccc1Cl)C1=NCCCS1. The Kier molecular flexibility index (Phi) is 5.63. The summed E-state index contributed by atoms with van der Waals surface area (Å²) < 4.78 is 0. The lowest BCUT2D eigenvalue weighted by molar-refractivity contribution is 0.334. The number of amidine groups is 1. The van der Waals surface area contributed by atoms with Crippen molar-refractivity contribution in [1.82, 2.24) is 4.90 Å². The molecule has 0 amide bonds. The third kappa shape index (κ3) is 4.10. The quantitative estimate of drug-likeness (QED) is 0.738. The van der Waals surface area contributed by atoms with Crippen molar-refractivity contribution in [2.75, 3.05) is 12.3 Å². The van der Waals surface area contributed by atoms with Crippen LogP contribution in [0.3, 0.4) is 0 Å². The number of aliphatic imine (C=N–C) groups is 1. The Balaban J connectivity index is 1.90. The van der Waals surface area contributed by atoms with E-state index in [0.717, 1.165) is 41.0 Å². The Bertz CT molecular complexity index is 672. The van der Waals surface area contributed by atoms with Crippen molar-refractivity contribution in [3.05, 3.63) is 70.7 Å². The van der Waals surface area contributed by atoms with Gasteiger partial charge in [-0.05, 0) is 30.5 Å². The predicted molar refractivity (Wildman–Crippen MR) is 101 cm³/mol. The summed E-state index contributed by atoms with van der Waals surface area (Å²) >= 11 is 8.24. The standard InChI is InChI=1S/C19H21ClN2S/c1-15(16-8-3-2-4-9-16)22(19-21-12-7-13-23-19)14-17-10-5-6-11-18(17)20/h2-6,8-11,15H,7,12-14H2,1H3. The number of halogens is 1. The number of nitrogens with zero attached hydrogens (tertiary/aromatic N) is 2. The Morgan fingerprint density at radius 3 is 2.57 bits per heavy atom. The second kappa shape index (κ2) is 7.89. The number of benzene rings is 2. The fourth-order valence-corrected chi connectivity index (χ4v) is 3.94. The van der Waals surface area contributed by atoms with Gasteiger partial charge in [-0.1, -0.05) is 71.9 Å². The van der Waals surface area contributed by atoms with E-state index in [2.05, 4.69) is 48.2 Å². The van der Waals surface area contributed by atoms with Gasteiger partial charge in [0.05, 0.1) is 6.04 Å². The Morgan fingerprint density at radius 1 is 1.13 bits per heavy atom. The van der Waals surface area contributed by atoms with Crippen LogP contribution >= 0.6 is 23.4 Å². The minimum absolute atomic E-state index is 0.261. The summed E-state index contributed by atoms with van der Waals surface area (Å²) in [6, 6.07) is 18.9. The maximum atomic E-state index is 6.38. The molecule has 1 heterocycles. The molecule has 0 spiro atoms. The fourth-order valence-electron chi connectivity index (χ4n) is 2.71. The van der Waals surface area contributed by atoms with E-state index in [1.165, 1.54) is 5.56 Å². The van der Waals surface area contributed by atoms with Gasteiger partial charge in [-0.2, -0.15) is 0 Å². The van der Waals surface area contributed by atoms with Gasteiger partial charge >= 0.3 is 0 Å². The molecule has 1 aliphatic heterocycles. The van der Waals surface area contributed by atoms with Gasteiger partial charge in [-0.25, -0.2) is 0 Å². The zero-order valence-corrected chi connectivity index (χ0v) is 14.9. The minimum atomic E-state index is 0.261. The van der Waals surface area contributed by atoms with Gasteiger partial charge in [-0.15, -0.1) is 0 Å². The van der Waals surface area contributed by atoms with Crippen molar-refractivity contribution < 1.29 is 0 Å². The molecule has 0 saturated heterocycles. The van der Waals surface area contributed by atoms with Gasteiger partial charge in [0.15, 0.2) is 5.17 Å². The Hall–Kier alpha value is -1.45. The normalized spacial score (nSPS) is 15.8. The number of hydrogen-bond acceptors (Lipinski definition) is 3. The average Bonchev–Trinajstić information content (AvgIpc) is 2.62. The molecule has 1 aliphatic rings. The van der Waals surface area contributed by atoms with Crippen LogP contribution in [-0.2, 0) is 6.54 Å². The van der Waals surface area contributed by atoms with Crippen LogP contribution in [0.1, 0.15) is 30.5 Å². The third-order valence-electron chi connectivity index (χ3n) is 4.07. The van der Waals surface area contributed by atoms with Gasteiger partial charge in [0.2, 0.25) is 0 Å². The van der Waals surface area contributed by atoms with Crippen LogP contribution in [0.5, 0.6) is 0 Å². The van der Waals surface area contributed by atoms with Gasteiger partial charge < -0.3 is 4.90 Å². The van der Waals surface area contributed by atoms with Gasteiger partial charge in [0.1, 0.15) is 0 Å². The summed E-state index contributed by atoms with van der Waals surface area (Å²) in [6.45, 7) is 3.94. The van der Waals surface area contributed by atoms with Gasteiger partial charge in [0, 0.05) is 23.9 Å². The van der Waals surface area contributed by atoms with E-state index in [4.69, 9.17) is 16.6 Å². The molecule has 1 atom stereocenters. The van der Waals surface area contributed by atoms with E-state index in [1.54, 1.807) is 0 Å². The van der Waals surface area contributed by atoms with Crippen LogP contribution in [0.2, 0.25) is 5.02 Å². The first kappa shape index (κ1) is 16.4. The van der Waals surface area contributed by atoms with Crippen molar-refractivity contribution in [2.24, 2.45) is 4.99 Å². The molecule has 0 saturated carbocycles. The maximum absolute atomic E-state index is 6.38. The topological polar surface area (TPSA) is 15.6 Å². The van der Waals surface area contributed by atoms with Gasteiger partial charge in [-0.3, -0.25) is 4.99 Å². The molecule has 120 valence electrons. The van der Waals surface area contributed by atoms with Crippen molar-refractivity contribution in [3.63, 3.8) is 0 Å². The summed E-state index contributed by atoms with van der Waals surface area (Å²) in [5, 5.41) is 1.95. The predicted octanol–water partition coefficient (Wildman–Crippen LogP) is 5.40.